The highest BCUT2D eigenvalue weighted by Gasteiger charge is 2.37. The summed E-state index contributed by atoms with van der Waals surface area (Å²) in [5.74, 6) is 0. The molecule has 2 aliphatic heterocycles. The van der Waals surface area contributed by atoms with Gasteiger partial charge >= 0.3 is 12.2 Å². The molecule has 8 heteroatoms. The van der Waals surface area contributed by atoms with Crippen LogP contribution in [0.1, 0.15) is 24.0 Å². The molecular weight excluding hydrogens is 321 g/mol. The molecule has 0 aliphatic carbocycles. The molecule has 2 fully saturated rings. The smallest absolute Gasteiger partial charge is 0.369 e. The Bertz CT molecular complexity index is 683. The summed E-state index contributed by atoms with van der Waals surface area (Å²) in [6.45, 7) is 2.01. The number of urea groups is 1. The summed E-state index contributed by atoms with van der Waals surface area (Å²) in [6, 6.07) is 5.14. The highest BCUT2D eigenvalue weighted by atomic mass is 19.4. The molecule has 2 aliphatic rings. The third kappa shape index (κ3) is 3.11. The Kier molecular flexibility index (Phi) is 4.26. The second-order valence-corrected chi connectivity index (χ2v) is 6.01. The standard InChI is InChI=1S/C16H17F3N4O/c17-16(18,19)13-8-11(9-20)3-4-14(13)22-6-1-2-12(10-22)23-7-5-21-15(23)24/h3-4,8,12H,1-2,5-7,10H2,(H,21,24)/t12-/m1/s1. The fraction of sp³-hybridized carbons (Fsp3) is 0.500. The van der Waals surface area contributed by atoms with Gasteiger partial charge in [0, 0.05) is 31.9 Å². The zero-order valence-electron chi connectivity index (χ0n) is 12.9. The molecule has 0 saturated carbocycles. The molecule has 1 atom stereocenters. The van der Waals surface area contributed by atoms with Crippen molar-refractivity contribution < 1.29 is 18.0 Å². The van der Waals surface area contributed by atoms with Crippen molar-refractivity contribution in [1.82, 2.24) is 10.2 Å². The normalized spacial score (nSPS) is 21.6. The molecule has 2 amide bonds. The van der Waals surface area contributed by atoms with Gasteiger partial charge in [-0.2, -0.15) is 18.4 Å². The predicted octanol–water partition coefficient (Wildman–Crippen LogP) is 2.57. The lowest BCUT2D eigenvalue weighted by atomic mass is 10.0. The van der Waals surface area contributed by atoms with Crippen LogP contribution in [0.2, 0.25) is 0 Å². The Morgan fingerprint density at radius 1 is 1.29 bits per heavy atom. The fourth-order valence-electron chi connectivity index (χ4n) is 3.37. The van der Waals surface area contributed by atoms with E-state index in [4.69, 9.17) is 5.26 Å². The number of anilines is 1. The maximum atomic E-state index is 13.4. The van der Waals surface area contributed by atoms with E-state index >= 15 is 0 Å². The first-order valence-corrected chi connectivity index (χ1v) is 7.81. The molecule has 0 bridgehead atoms. The number of hydrogen-bond acceptors (Lipinski definition) is 3. The van der Waals surface area contributed by atoms with Crippen LogP contribution in [0.25, 0.3) is 0 Å². The highest BCUT2D eigenvalue weighted by Crippen LogP contribution is 2.38. The molecule has 2 heterocycles. The lowest BCUT2D eigenvalue weighted by Gasteiger charge is -2.39. The molecule has 0 radical (unpaired) electrons. The molecular formula is C16H17F3N4O. The minimum Gasteiger partial charge on any atom is -0.369 e. The van der Waals surface area contributed by atoms with Crippen molar-refractivity contribution in [1.29, 1.82) is 5.26 Å². The van der Waals surface area contributed by atoms with Crippen LogP contribution < -0.4 is 10.2 Å². The van der Waals surface area contributed by atoms with Crippen LogP contribution in [-0.4, -0.2) is 43.2 Å². The molecule has 0 unspecified atom stereocenters. The van der Waals surface area contributed by atoms with Gasteiger partial charge in [-0.1, -0.05) is 0 Å². The summed E-state index contributed by atoms with van der Waals surface area (Å²) in [5.41, 5.74) is -0.738. The molecule has 0 spiro atoms. The number of rotatable bonds is 2. The Balaban J connectivity index is 1.88. The average molecular weight is 338 g/mol. The summed E-state index contributed by atoms with van der Waals surface area (Å²) in [5, 5.41) is 11.6. The van der Waals surface area contributed by atoms with E-state index in [1.807, 2.05) is 0 Å². The van der Waals surface area contributed by atoms with Gasteiger partial charge in [-0.05, 0) is 31.0 Å². The summed E-state index contributed by atoms with van der Waals surface area (Å²) in [6.07, 6.45) is -3.03. The molecule has 1 aromatic rings. The van der Waals surface area contributed by atoms with Crippen molar-refractivity contribution in [3.63, 3.8) is 0 Å². The number of benzene rings is 1. The fourth-order valence-corrected chi connectivity index (χ4v) is 3.37. The van der Waals surface area contributed by atoms with Gasteiger partial charge in [-0.3, -0.25) is 0 Å². The quantitative estimate of drug-likeness (QED) is 0.902. The first-order chi connectivity index (χ1) is 11.4. The highest BCUT2D eigenvalue weighted by molar-refractivity contribution is 5.76. The minimum atomic E-state index is -4.53. The lowest BCUT2D eigenvalue weighted by molar-refractivity contribution is -0.137. The molecule has 0 aromatic heterocycles. The molecule has 24 heavy (non-hydrogen) atoms. The number of halogens is 3. The number of carbonyl (C=O) groups excluding carboxylic acids is 1. The number of hydrogen-bond donors (Lipinski definition) is 1. The van der Waals surface area contributed by atoms with Crippen LogP contribution in [-0.2, 0) is 6.18 Å². The van der Waals surface area contributed by atoms with Crippen molar-refractivity contribution >= 4 is 11.7 Å². The number of alkyl halides is 3. The number of carbonyl (C=O) groups is 1. The van der Waals surface area contributed by atoms with Gasteiger partial charge in [0.05, 0.1) is 23.2 Å². The van der Waals surface area contributed by atoms with Crippen molar-refractivity contribution in [3.8, 4) is 6.07 Å². The van der Waals surface area contributed by atoms with Gasteiger partial charge in [0.25, 0.3) is 0 Å². The largest absolute Gasteiger partial charge is 0.418 e. The predicted molar refractivity (Wildman–Crippen MR) is 81.5 cm³/mol. The minimum absolute atomic E-state index is 0.0152. The number of nitrogens with one attached hydrogen (secondary N) is 1. The van der Waals surface area contributed by atoms with Crippen molar-refractivity contribution in [2.24, 2.45) is 0 Å². The van der Waals surface area contributed by atoms with E-state index in [1.165, 1.54) is 12.1 Å². The van der Waals surface area contributed by atoms with Gasteiger partial charge in [0.15, 0.2) is 0 Å². The molecule has 1 N–H and O–H groups in total. The molecule has 5 nitrogen and oxygen atoms in total. The van der Waals surface area contributed by atoms with Crippen LogP contribution in [0.3, 0.4) is 0 Å². The average Bonchev–Trinajstić information content (AvgIpc) is 2.99. The van der Waals surface area contributed by atoms with E-state index in [0.717, 1.165) is 12.5 Å². The van der Waals surface area contributed by atoms with Crippen LogP contribution in [0.5, 0.6) is 0 Å². The Morgan fingerprint density at radius 3 is 2.71 bits per heavy atom. The number of nitriles is 1. The van der Waals surface area contributed by atoms with Gasteiger partial charge in [-0.25, -0.2) is 4.79 Å². The van der Waals surface area contributed by atoms with Crippen molar-refractivity contribution in [3.05, 3.63) is 29.3 Å². The number of piperidine rings is 1. The van der Waals surface area contributed by atoms with E-state index in [0.29, 0.717) is 32.6 Å². The topological polar surface area (TPSA) is 59.4 Å². The molecule has 3 rings (SSSR count). The maximum Gasteiger partial charge on any atom is 0.418 e. The van der Waals surface area contributed by atoms with Crippen LogP contribution in [0.15, 0.2) is 18.2 Å². The van der Waals surface area contributed by atoms with Gasteiger partial charge < -0.3 is 15.1 Å². The van der Waals surface area contributed by atoms with Crippen LogP contribution in [0, 0.1) is 11.3 Å². The Hall–Kier alpha value is -2.43. The van der Waals surface area contributed by atoms with E-state index in [1.54, 1.807) is 15.9 Å². The molecule has 1 aromatic carbocycles. The Labute approximate surface area is 137 Å². The van der Waals surface area contributed by atoms with E-state index in [-0.39, 0.29) is 23.3 Å². The summed E-state index contributed by atoms with van der Waals surface area (Å²) < 4.78 is 40.1. The molecule has 128 valence electrons. The van der Waals surface area contributed by atoms with Crippen molar-refractivity contribution in [2.75, 3.05) is 31.1 Å². The third-order valence-corrected chi connectivity index (χ3v) is 4.50. The van der Waals surface area contributed by atoms with Gasteiger partial charge in [-0.15, -0.1) is 0 Å². The van der Waals surface area contributed by atoms with E-state index in [2.05, 4.69) is 5.32 Å². The summed E-state index contributed by atoms with van der Waals surface area (Å²) in [7, 11) is 0. The van der Waals surface area contributed by atoms with Crippen LogP contribution in [0.4, 0.5) is 23.7 Å². The lowest BCUT2D eigenvalue weighted by Crippen LogP contribution is -2.49. The first kappa shape index (κ1) is 16.4. The second-order valence-electron chi connectivity index (χ2n) is 6.01. The zero-order valence-corrected chi connectivity index (χ0v) is 12.9. The Morgan fingerprint density at radius 2 is 2.08 bits per heavy atom. The molecule has 2 saturated heterocycles. The monoisotopic (exact) mass is 338 g/mol. The number of amides is 2. The van der Waals surface area contributed by atoms with Crippen molar-refractivity contribution in [2.45, 2.75) is 25.1 Å². The van der Waals surface area contributed by atoms with Crippen LogP contribution >= 0.6 is 0 Å². The maximum absolute atomic E-state index is 13.4. The number of nitrogens with zero attached hydrogens (tertiary/aromatic N) is 3. The van der Waals surface area contributed by atoms with Gasteiger partial charge in [0.1, 0.15) is 0 Å². The van der Waals surface area contributed by atoms with E-state index < -0.39 is 11.7 Å². The first-order valence-electron chi connectivity index (χ1n) is 7.81. The zero-order chi connectivity index (χ0) is 17.3. The van der Waals surface area contributed by atoms with E-state index in [9.17, 15) is 18.0 Å². The summed E-state index contributed by atoms with van der Waals surface area (Å²) in [4.78, 5) is 15.2. The second kappa shape index (κ2) is 6.23. The third-order valence-electron chi connectivity index (χ3n) is 4.50. The summed E-state index contributed by atoms with van der Waals surface area (Å²) >= 11 is 0. The van der Waals surface area contributed by atoms with Gasteiger partial charge in [0.2, 0.25) is 0 Å². The SMILES string of the molecule is N#Cc1ccc(N2CCC[C@@H](N3CCNC3=O)C2)c(C(F)(F)F)c1.